The average Bonchev–Trinajstić information content (AvgIpc) is 2.09. The van der Waals surface area contributed by atoms with E-state index in [1.165, 1.54) is 0 Å². The van der Waals surface area contributed by atoms with Gasteiger partial charge >= 0.3 is 0 Å². The molecule has 1 aromatic rings. The maximum Gasteiger partial charge on any atom is 0.211 e. The summed E-state index contributed by atoms with van der Waals surface area (Å²) in [6.07, 6.45) is 0.628. The number of anilines is 1. The second kappa shape index (κ2) is 3.88. The minimum Gasteiger partial charge on any atom is -0.392 e. The molecule has 0 spiro atoms. The van der Waals surface area contributed by atoms with Gasteiger partial charge in [0, 0.05) is 5.69 Å². The van der Waals surface area contributed by atoms with Crippen LogP contribution in [0.4, 0.5) is 5.69 Å². The number of benzene rings is 1. The number of amides is 1. The largest absolute Gasteiger partial charge is 0.392 e. The standard InChI is InChI=1S/C9H11NO2/c1-7-8(5-11)3-2-4-9(7)10-6-12/h2-4,6,11H,5H2,1H3,(H,10,12). The fourth-order valence-electron chi connectivity index (χ4n) is 1.07. The Balaban J connectivity index is 3.04. The number of rotatable bonds is 3. The fourth-order valence-corrected chi connectivity index (χ4v) is 1.07. The first-order valence-corrected chi connectivity index (χ1v) is 3.69. The lowest BCUT2D eigenvalue weighted by Crippen LogP contribution is -1.99. The molecule has 0 bridgehead atoms. The molecule has 0 radical (unpaired) electrons. The highest BCUT2D eigenvalue weighted by molar-refractivity contribution is 5.73. The molecule has 0 aliphatic rings. The smallest absolute Gasteiger partial charge is 0.211 e. The summed E-state index contributed by atoms with van der Waals surface area (Å²) in [5.74, 6) is 0. The van der Waals surface area contributed by atoms with Crippen molar-refractivity contribution in [2.24, 2.45) is 0 Å². The summed E-state index contributed by atoms with van der Waals surface area (Å²) in [5, 5.41) is 11.5. The number of aliphatic hydroxyl groups is 1. The van der Waals surface area contributed by atoms with Crippen LogP contribution in [0.3, 0.4) is 0 Å². The summed E-state index contributed by atoms with van der Waals surface area (Å²) in [6.45, 7) is 1.86. The Kier molecular flexibility index (Phi) is 2.82. The molecule has 1 aromatic carbocycles. The van der Waals surface area contributed by atoms with Crippen molar-refractivity contribution in [2.45, 2.75) is 13.5 Å². The van der Waals surface area contributed by atoms with E-state index in [1.807, 2.05) is 13.0 Å². The van der Waals surface area contributed by atoms with Crippen molar-refractivity contribution in [1.82, 2.24) is 0 Å². The highest BCUT2D eigenvalue weighted by Gasteiger charge is 2.00. The fraction of sp³-hybridized carbons (Fsp3) is 0.222. The van der Waals surface area contributed by atoms with Gasteiger partial charge in [-0.05, 0) is 24.1 Å². The van der Waals surface area contributed by atoms with Crippen LogP contribution < -0.4 is 5.32 Å². The van der Waals surface area contributed by atoms with Gasteiger partial charge in [-0.15, -0.1) is 0 Å². The maximum atomic E-state index is 10.2. The normalized spacial score (nSPS) is 9.50. The molecule has 0 aliphatic carbocycles. The quantitative estimate of drug-likeness (QED) is 0.658. The van der Waals surface area contributed by atoms with Crippen molar-refractivity contribution in [3.8, 4) is 0 Å². The summed E-state index contributed by atoms with van der Waals surface area (Å²) in [5.41, 5.74) is 2.49. The van der Waals surface area contributed by atoms with Crippen molar-refractivity contribution < 1.29 is 9.90 Å². The molecule has 1 rings (SSSR count). The van der Waals surface area contributed by atoms with Gasteiger partial charge in [0.2, 0.25) is 6.41 Å². The van der Waals surface area contributed by atoms with Gasteiger partial charge in [0.05, 0.1) is 6.61 Å². The Hall–Kier alpha value is -1.35. The van der Waals surface area contributed by atoms with Crippen molar-refractivity contribution in [3.05, 3.63) is 29.3 Å². The number of nitrogens with one attached hydrogen (secondary N) is 1. The Morgan fingerprint density at radius 1 is 1.58 bits per heavy atom. The van der Waals surface area contributed by atoms with Gasteiger partial charge in [-0.2, -0.15) is 0 Å². The van der Waals surface area contributed by atoms with Crippen LogP contribution in [0, 0.1) is 6.92 Å². The molecule has 64 valence electrons. The lowest BCUT2D eigenvalue weighted by molar-refractivity contribution is -0.105. The molecule has 0 fully saturated rings. The molecule has 0 aliphatic heterocycles. The lowest BCUT2D eigenvalue weighted by atomic mass is 10.1. The zero-order valence-corrected chi connectivity index (χ0v) is 6.87. The number of hydrogen-bond donors (Lipinski definition) is 2. The number of carbonyl (C=O) groups is 1. The molecule has 0 aromatic heterocycles. The molecular weight excluding hydrogens is 154 g/mol. The van der Waals surface area contributed by atoms with Gasteiger partial charge < -0.3 is 10.4 Å². The number of carbonyl (C=O) groups excluding carboxylic acids is 1. The van der Waals surface area contributed by atoms with Crippen molar-refractivity contribution in [3.63, 3.8) is 0 Å². The van der Waals surface area contributed by atoms with Gasteiger partial charge in [0.15, 0.2) is 0 Å². The average molecular weight is 165 g/mol. The molecule has 12 heavy (non-hydrogen) atoms. The maximum absolute atomic E-state index is 10.2. The van der Waals surface area contributed by atoms with Crippen molar-refractivity contribution in [1.29, 1.82) is 0 Å². The Morgan fingerprint density at radius 2 is 2.33 bits per heavy atom. The van der Waals surface area contributed by atoms with Gasteiger partial charge in [0.1, 0.15) is 0 Å². The van der Waals surface area contributed by atoms with E-state index in [2.05, 4.69) is 5.32 Å². The molecule has 3 nitrogen and oxygen atoms in total. The van der Waals surface area contributed by atoms with Crippen molar-refractivity contribution >= 4 is 12.1 Å². The molecule has 2 N–H and O–H groups in total. The summed E-state index contributed by atoms with van der Waals surface area (Å²) in [4.78, 5) is 10.2. The summed E-state index contributed by atoms with van der Waals surface area (Å²) in [7, 11) is 0. The van der Waals surface area contributed by atoms with Crippen LogP contribution in [0.2, 0.25) is 0 Å². The monoisotopic (exact) mass is 165 g/mol. The zero-order valence-electron chi connectivity index (χ0n) is 6.87. The lowest BCUT2D eigenvalue weighted by Gasteiger charge is -2.07. The predicted molar refractivity (Wildman–Crippen MR) is 46.8 cm³/mol. The van der Waals surface area contributed by atoms with Crippen LogP contribution in [0.25, 0.3) is 0 Å². The molecule has 3 heteroatoms. The zero-order chi connectivity index (χ0) is 8.97. The Morgan fingerprint density at radius 3 is 2.92 bits per heavy atom. The van der Waals surface area contributed by atoms with Crippen LogP contribution >= 0.6 is 0 Å². The molecule has 0 heterocycles. The highest BCUT2D eigenvalue weighted by atomic mass is 16.3. The molecule has 1 amide bonds. The number of hydrogen-bond acceptors (Lipinski definition) is 2. The van der Waals surface area contributed by atoms with Gasteiger partial charge in [-0.1, -0.05) is 12.1 Å². The van der Waals surface area contributed by atoms with Crippen LogP contribution in [0.1, 0.15) is 11.1 Å². The highest BCUT2D eigenvalue weighted by Crippen LogP contribution is 2.17. The molecule has 0 saturated heterocycles. The molecule has 0 unspecified atom stereocenters. The summed E-state index contributed by atoms with van der Waals surface area (Å²) >= 11 is 0. The Labute approximate surface area is 71.0 Å². The number of aliphatic hydroxyl groups excluding tert-OH is 1. The van der Waals surface area contributed by atoms with Gasteiger partial charge in [-0.25, -0.2) is 0 Å². The first kappa shape index (κ1) is 8.74. The predicted octanol–water partition coefficient (Wildman–Crippen LogP) is 1.06. The van der Waals surface area contributed by atoms with E-state index in [1.54, 1.807) is 12.1 Å². The van der Waals surface area contributed by atoms with Crippen molar-refractivity contribution in [2.75, 3.05) is 5.32 Å². The van der Waals surface area contributed by atoms with E-state index in [4.69, 9.17) is 5.11 Å². The molecule has 0 atom stereocenters. The third kappa shape index (κ3) is 1.62. The first-order valence-electron chi connectivity index (χ1n) is 3.69. The van der Waals surface area contributed by atoms with E-state index in [-0.39, 0.29) is 6.61 Å². The van der Waals surface area contributed by atoms with Crippen LogP contribution in [0.5, 0.6) is 0 Å². The van der Waals surface area contributed by atoms with Crippen LogP contribution in [0.15, 0.2) is 18.2 Å². The van der Waals surface area contributed by atoms with E-state index >= 15 is 0 Å². The second-order valence-corrected chi connectivity index (χ2v) is 2.51. The summed E-state index contributed by atoms with van der Waals surface area (Å²) < 4.78 is 0. The van der Waals surface area contributed by atoms with Crippen LogP contribution in [-0.2, 0) is 11.4 Å². The van der Waals surface area contributed by atoms with Gasteiger partial charge in [-0.3, -0.25) is 4.79 Å². The van der Waals surface area contributed by atoms with E-state index in [0.717, 1.165) is 16.8 Å². The minimum atomic E-state index is 0.000209. The second-order valence-electron chi connectivity index (χ2n) is 2.51. The van der Waals surface area contributed by atoms with Crippen LogP contribution in [-0.4, -0.2) is 11.5 Å². The van der Waals surface area contributed by atoms with E-state index < -0.39 is 0 Å². The summed E-state index contributed by atoms with van der Waals surface area (Å²) in [6, 6.07) is 5.42. The third-order valence-electron chi connectivity index (χ3n) is 1.83. The van der Waals surface area contributed by atoms with E-state index in [9.17, 15) is 4.79 Å². The molecular formula is C9H11NO2. The topological polar surface area (TPSA) is 49.3 Å². The van der Waals surface area contributed by atoms with E-state index in [0.29, 0.717) is 6.41 Å². The Bertz CT molecular complexity index is 284. The SMILES string of the molecule is Cc1c(CO)cccc1NC=O. The minimum absolute atomic E-state index is 0.000209. The third-order valence-corrected chi connectivity index (χ3v) is 1.83. The van der Waals surface area contributed by atoms with Gasteiger partial charge in [0.25, 0.3) is 0 Å². The first-order chi connectivity index (χ1) is 5.79. The molecule has 0 saturated carbocycles.